The number of aliphatic hydroxyl groups is 1. The number of aliphatic hydroxyl groups excluding tert-OH is 1. The van der Waals surface area contributed by atoms with E-state index in [1.165, 1.54) is 0 Å². The zero-order chi connectivity index (χ0) is 10.8. The Morgan fingerprint density at radius 1 is 1.07 bits per heavy atom. The lowest BCUT2D eigenvalue weighted by Gasteiger charge is -2.04. The van der Waals surface area contributed by atoms with Gasteiger partial charge in [-0.2, -0.15) is 0 Å². The molecule has 1 aromatic carbocycles. The van der Waals surface area contributed by atoms with Crippen LogP contribution in [-0.2, 0) is 0 Å². The fraction of sp³-hybridized carbons (Fsp3) is 0.231. The minimum atomic E-state index is -0.419. The molecule has 1 atom stereocenters. The molecule has 1 aromatic heterocycles. The van der Waals surface area contributed by atoms with E-state index in [1.54, 1.807) is 6.92 Å². The molecule has 78 valence electrons. The van der Waals surface area contributed by atoms with E-state index in [0.29, 0.717) is 0 Å². The van der Waals surface area contributed by atoms with Crippen molar-refractivity contribution in [3.05, 3.63) is 47.7 Å². The van der Waals surface area contributed by atoms with Gasteiger partial charge in [0.1, 0.15) is 11.5 Å². The zero-order valence-corrected chi connectivity index (χ0v) is 8.90. The monoisotopic (exact) mass is 202 g/mol. The van der Waals surface area contributed by atoms with Crippen LogP contribution in [0.5, 0.6) is 0 Å². The van der Waals surface area contributed by atoms with Crippen LogP contribution >= 0.6 is 0 Å². The molecule has 0 bridgehead atoms. The maximum absolute atomic E-state index is 9.37. The van der Waals surface area contributed by atoms with Crippen molar-refractivity contribution in [2.24, 2.45) is 0 Å². The van der Waals surface area contributed by atoms with E-state index in [2.05, 4.69) is 0 Å². The van der Waals surface area contributed by atoms with Crippen LogP contribution in [0.2, 0.25) is 0 Å². The van der Waals surface area contributed by atoms with Crippen molar-refractivity contribution in [1.29, 1.82) is 0 Å². The lowest BCUT2D eigenvalue weighted by molar-refractivity contribution is 0.199. The first-order valence-corrected chi connectivity index (χ1v) is 5.01. The van der Waals surface area contributed by atoms with Gasteiger partial charge in [0.25, 0.3) is 0 Å². The Kier molecular flexibility index (Phi) is 2.60. The largest absolute Gasteiger partial charge is 0.461 e. The van der Waals surface area contributed by atoms with Gasteiger partial charge in [-0.05, 0) is 31.5 Å². The first-order chi connectivity index (χ1) is 7.16. The van der Waals surface area contributed by atoms with Crippen LogP contribution in [0.1, 0.15) is 24.4 Å². The van der Waals surface area contributed by atoms with Crippen LogP contribution < -0.4 is 0 Å². The number of benzene rings is 1. The predicted octanol–water partition coefficient (Wildman–Crippen LogP) is 3.31. The molecule has 0 aliphatic heterocycles. The Hall–Kier alpha value is -1.54. The van der Waals surface area contributed by atoms with Crippen LogP contribution in [-0.4, -0.2) is 5.11 Å². The van der Waals surface area contributed by atoms with Crippen molar-refractivity contribution in [3.8, 4) is 11.3 Å². The van der Waals surface area contributed by atoms with Gasteiger partial charge in [0, 0.05) is 5.56 Å². The van der Waals surface area contributed by atoms with Crippen LogP contribution in [0.3, 0.4) is 0 Å². The third-order valence-corrected chi connectivity index (χ3v) is 2.42. The number of hydrogen-bond donors (Lipinski definition) is 1. The molecular formula is C13H14O2. The highest BCUT2D eigenvalue weighted by molar-refractivity contribution is 5.57. The Morgan fingerprint density at radius 2 is 1.73 bits per heavy atom. The van der Waals surface area contributed by atoms with Gasteiger partial charge in [-0.1, -0.05) is 24.3 Å². The fourth-order valence-corrected chi connectivity index (χ4v) is 1.52. The minimum absolute atomic E-state index is 0.419. The summed E-state index contributed by atoms with van der Waals surface area (Å²) >= 11 is 0. The maximum Gasteiger partial charge on any atom is 0.134 e. The van der Waals surface area contributed by atoms with Crippen LogP contribution in [0.4, 0.5) is 0 Å². The molecular weight excluding hydrogens is 188 g/mol. The van der Waals surface area contributed by atoms with Gasteiger partial charge in [-0.25, -0.2) is 0 Å². The quantitative estimate of drug-likeness (QED) is 0.810. The van der Waals surface area contributed by atoms with Gasteiger partial charge >= 0.3 is 0 Å². The van der Waals surface area contributed by atoms with Gasteiger partial charge in [-0.15, -0.1) is 0 Å². The highest BCUT2D eigenvalue weighted by Gasteiger charge is 2.04. The van der Waals surface area contributed by atoms with Crippen LogP contribution in [0, 0.1) is 6.92 Å². The predicted molar refractivity (Wildman–Crippen MR) is 59.5 cm³/mol. The summed E-state index contributed by atoms with van der Waals surface area (Å²) in [6, 6.07) is 11.6. The molecule has 2 rings (SSSR count). The zero-order valence-electron chi connectivity index (χ0n) is 8.90. The average molecular weight is 202 g/mol. The van der Waals surface area contributed by atoms with Crippen molar-refractivity contribution in [1.82, 2.24) is 0 Å². The van der Waals surface area contributed by atoms with Crippen molar-refractivity contribution in [3.63, 3.8) is 0 Å². The van der Waals surface area contributed by atoms with Gasteiger partial charge in [0.2, 0.25) is 0 Å². The van der Waals surface area contributed by atoms with Crippen molar-refractivity contribution < 1.29 is 9.52 Å². The molecule has 0 radical (unpaired) electrons. The smallest absolute Gasteiger partial charge is 0.134 e. The Balaban J connectivity index is 2.31. The molecule has 0 spiro atoms. The lowest BCUT2D eigenvalue weighted by Crippen LogP contribution is -1.89. The Bertz CT molecular complexity index is 438. The number of rotatable bonds is 2. The molecule has 0 aliphatic rings. The first kappa shape index (κ1) is 9.99. The molecule has 2 nitrogen and oxygen atoms in total. The first-order valence-electron chi connectivity index (χ1n) is 5.01. The van der Waals surface area contributed by atoms with Crippen molar-refractivity contribution in [2.75, 3.05) is 0 Å². The molecule has 1 N–H and O–H groups in total. The summed E-state index contributed by atoms with van der Waals surface area (Å²) in [7, 11) is 0. The van der Waals surface area contributed by atoms with E-state index < -0.39 is 6.10 Å². The third kappa shape index (κ3) is 2.10. The fourth-order valence-electron chi connectivity index (χ4n) is 1.52. The molecule has 2 aromatic rings. The molecule has 0 aliphatic carbocycles. The SMILES string of the molecule is Cc1ccc(-c2ccc(C(C)O)cc2)o1. The second kappa shape index (κ2) is 3.91. The van der Waals surface area contributed by atoms with Gasteiger partial charge in [0.15, 0.2) is 0 Å². The Labute approximate surface area is 89.2 Å². The number of aryl methyl sites for hydroxylation is 1. The van der Waals surface area contributed by atoms with Crippen LogP contribution in [0.15, 0.2) is 40.8 Å². The van der Waals surface area contributed by atoms with E-state index >= 15 is 0 Å². The van der Waals surface area contributed by atoms with Gasteiger partial charge in [0.05, 0.1) is 6.10 Å². The summed E-state index contributed by atoms with van der Waals surface area (Å²) in [6.07, 6.45) is -0.419. The average Bonchev–Trinajstić information content (AvgIpc) is 2.65. The van der Waals surface area contributed by atoms with E-state index in [1.807, 2.05) is 43.3 Å². The van der Waals surface area contributed by atoms with E-state index in [9.17, 15) is 5.11 Å². The summed E-state index contributed by atoms with van der Waals surface area (Å²) in [4.78, 5) is 0. The molecule has 15 heavy (non-hydrogen) atoms. The maximum atomic E-state index is 9.37. The highest BCUT2D eigenvalue weighted by atomic mass is 16.3. The standard InChI is InChI=1S/C13H14O2/c1-9-3-8-13(15-9)12-6-4-11(5-7-12)10(2)14/h3-8,10,14H,1-2H3. The molecule has 2 heteroatoms. The Morgan fingerprint density at radius 3 is 2.20 bits per heavy atom. The van der Waals surface area contributed by atoms with Crippen LogP contribution in [0.25, 0.3) is 11.3 Å². The summed E-state index contributed by atoms with van der Waals surface area (Å²) in [5.41, 5.74) is 1.95. The number of furan rings is 1. The highest BCUT2D eigenvalue weighted by Crippen LogP contribution is 2.23. The van der Waals surface area contributed by atoms with Gasteiger partial charge < -0.3 is 9.52 Å². The van der Waals surface area contributed by atoms with E-state index in [0.717, 1.165) is 22.6 Å². The summed E-state index contributed by atoms with van der Waals surface area (Å²) in [6.45, 7) is 3.68. The third-order valence-electron chi connectivity index (χ3n) is 2.42. The summed E-state index contributed by atoms with van der Waals surface area (Å²) in [5, 5.41) is 9.37. The molecule has 0 saturated carbocycles. The second-order valence-corrected chi connectivity index (χ2v) is 3.71. The van der Waals surface area contributed by atoms with E-state index in [4.69, 9.17) is 4.42 Å². The summed E-state index contributed by atoms with van der Waals surface area (Å²) < 4.78 is 5.51. The molecule has 1 heterocycles. The molecule has 0 saturated heterocycles. The van der Waals surface area contributed by atoms with E-state index in [-0.39, 0.29) is 0 Å². The normalized spacial score (nSPS) is 12.7. The lowest BCUT2D eigenvalue weighted by atomic mass is 10.1. The minimum Gasteiger partial charge on any atom is -0.461 e. The topological polar surface area (TPSA) is 33.4 Å². The number of hydrogen-bond acceptors (Lipinski definition) is 2. The summed E-state index contributed by atoms with van der Waals surface area (Å²) in [5.74, 6) is 1.77. The van der Waals surface area contributed by atoms with Gasteiger partial charge in [-0.3, -0.25) is 0 Å². The molecule has 0 amide bonds. The second-order valence-electron chi connectivity index (χ2n) is 3.71. The van der Waals surface area contributed by atoms with Crippen molar-refractivity contribution in [2.45, 2.75) is 20.0 Å². The molecule has 1 unspecified atom stereocenters. The molecule has 0 fully saturated rings. The van der Waals surface area contributed by atoms with Crippen molar-refractivity contribution >= 4 is 0 Å².